The molecule has 28 heavy (non-hydrogen) atoms. The van der Waals surface area contributed by atoms with Crippen molar-refractivity contribution >= 4 is 29.1 Å². The molecular formula is C23H28N2O2S. The maximum Gasteiger partial charge on any atom is 0.251 e. The first-order valence-electron chi connectivity index (χ1n) is 9.88. The number of aryl methyl sites for hydroxylation is 1. The Labute approximate surface area is 171 Å². The first kappa shape index (κ1) is 20.6. The van der Waals surface area contributed by atoms with Crippen molar-refractivity contribution in [3.05, 3.63) is 53.1 Å². The minimum atomic E-state index is -0.0665. The van der Waals surface area contributed by atoms with Gasteiger partial charge in [0.2, 0.25) is 0 Å². The second-order valence-electron chi connectivity index (χ2n) is 7.23. The molecule has 148 valence electrons. The van der Waals surface area contributed by atoms with Gasteiger partial charge in [-0.25, -0.2) is 0 Å². The second-order valence-corrected chi connectivity index (χ2v) is 8.31. The van der Waals surface area contributed by atoms with Crippen LogP contribution in [0.3, 0.4) is 0 Å². The van der Waals surface area contributed by atoms with Crippen LogP contribution < -0.4 is 5.32 Å². The minimum Gasteiger partial charge on any atom is -0.379 e. The van der Waals surface area contributed by atoms with Crippen LogP contribution in [-0.4, -0.2) is 30.9 Å². The number of rotatable bonds is 7. The van der Waals surface area contributed by atoms with Gasteiger partial charge in [0, 0.05) is 39.8 Å². The SMILES string of the molecule is CCC1=Nc2cc(C(=O)NCCCOC(C)C)ccc2Sc2ccc(C)cc21. The molecule has 0 saturated heterocycles. The molecule has 0 atom stereocenters. The average Bonchev–Trinajstić information content (AvgIpc) is 2.82. The predicted octanol–water partition coefficient (Wildman–Crippen LogP) is 5.54. The Kier molecular flexibility index (Phi) is 6.92. The quantitative estimate of drug-likeness (QED) is 0.626. The zero-order valence-electron chi connectivity index (χ0n) is 17.0. The lowest BCUT2D eigenvalue weighted by molar-refractivity contribution is 0.0757. The fraction of sp³-hybridized carbons (Fsp3) is 0.391. The van der Waals surface area contributed by atoms with Crippen LogP contribution in [0.2, 0.25) is 0 Å². The van der Waals surface area contributed by atoms with E-state index in [9.17, 15) is 4.79 Å². The van der Waals surface area contributed by atoms with E-state index in [1.165, 1.54) is 16.0 Å². The third-order valence-electron chi connectivity index (χ3n) is 4.54. The number of aliphatic imine (C=N–C) groups is 1. The number of benzene rings is 2. The number of amides is 1. The first-order valence-corrected chi connectivity index (χ1v) is 10.7. The zero-order valence-corrected chi connectivity index (χ0v) is 17.9. The standard InChI is InChI=1S/C23H28N2O2S/c1-5-19-18-13-16(4)7-9-21(18)28-22-10-8-17(14-20(22)25-19)23(26)24-11-6-12-27-15(2)3/h7-10,13-15H,5-6,11-12H2,1-4H3,(H,24,26). The molecule has 1 aliphatic rings. The third-order valence-corrected chi connectivity index (χ3v) is 5.68. The van der Waals surface area contributed by atoms with Gasteiger partial charge < -0.3 is 10.1 Å². The fourth-order valence-electron chi connectivity index (χ4n) is 3.08. The van der Waals surface area contributed by atoms with Gasteiger partial charge >= 0.3 is 0 Å². The smallest absolute Gasteiger partial charge is 0.251 e. The van der Waals surface area contributed by atoms with Crippen molar-refractivity contribution < 1.29 is 9.53 Å². The third kappa shape index (κ3) is 5.03. The Morgan fingerprint density at radius 3 is 2.71 bits per heavy atom. The monoisotopic (exact) mass is 396 g/mol. The summed E-state index contributed by atoms with van der Waals surface area (Å²) in [5, 5.41) is 2.97. The predicted molar refractivity (Wildman–Crippen MR) is 116 cm³/mol. The topological polar surface area (TPSA) is 50.7 Å². The Hall–Kier alpha value is -2.11. The minimum absolute atomic E-state index is 0.0665. The molecule has 1 amide bonds. The van der Waals surface area contributed by atoms with Crippen molar-refractivity contribution in [1.29, 1.82) is 0 Å². The van der Waals surface area contributed by atoms with Crippen LogP contribution in [0.5, 0.6) is 0 Å². The van der Waals surface area contributed by atoms with Crippen molar-refractivity contribution in [3.8, 4) is 0 Å². The summed E-state index contributed by atoms with van der Waals surface area (Å²) >= 11 is 1.72. The van der Waals surface area contributed by atoms with Crippen LogP contribution in [0, 0.1) is 6.92 Å². The molecule has 1 heterocycles. The van der Waals surface area contributed by atoms with Gasteiger partial charge in [-0.1, -0.05) is 30.3 Å². The summed E-state index contributed by atoms with van der Waals surface area (Å²) in [5.74, 6) is -0.0665. The van der Waals surface area contributed by atoms with Crippen LogP contribution in [0.1, 0.15) is 55.1 Å². The molecule has 0 aliphatic carbocycles. The van der Waals surface area contributed by atoms with Gasteiger partial charge in [-0.2, -0.15) is 0 Å². The van der Waals surface area contributed by atoms with Crippen LogP contribution in [0.4, 0.5) is 5.69 Å². The molecule has 0 fully saturated rings. The van der Waals surface area contributed by atoms with E-state index in [0.717, 1.165) is 29.1 Å². The molecule has 5 heteroatoms. The van der Waals surface area contributed by atoms with E-state index >= 15 is 0 Å². The van der Waals surface area contributed by atoms with E-state index in [0.29, 0.717) is 18.7 Å². The molecule has 0 saturated carbocycles. The normalized spacial score (nSPS) is 12.8. The van der Waals surface area contributed by atoms with Gasteiger partial charge in [0.05, 0.1) is 11.8 Å². The second kappa shape index (κ2) is 9.39. The number of ether oxygens (including phenoxy) is 1. The summed E-state index contributed by atoms with van der Waals surface area (Å²) in [7, 11) is 0. The number of hydrogen-bond donors (Lipinski definition) is 1. The highest BCUT2D eigenvalue weighted by Gasteiger charge is 2.18. The van der Waals surface area contributed by atoms with E-state index in [4.69, 9.17) is 9.73 Å². The van der Waals surface area contributed by atoms with Crippen LogP contribution in [-0.2, 0) is 4.74 Å². The lowest BCUT2D eigenvalue weighted by Gasteiger charge is -2.09. The number of hydrogen-bond acceptors (Lipinski definition) is 4. The largest absolute Gasteiger partial charge is 0.379 e. The maximum atomic E-state index is 12.5. The summed E-state index contributed by atoms with van der Waals surface area (Å²) in [6.07, 6.45) is 1.87. The molecule has 2 aromatic carbocycles. The highest BCUT2D eigenvalue weighted by Crippen LogP contribution is 2.41. The molecule has 0 aromatic heterocycles. The summed E-state index contributed by atoms with van der Waals surface area (Å²) in [4.78, 5) is 19.7. The van der Waals surface area contributed by atoms with E-state index < -0.39 is 0 Å². The number of carbonyl (C=O) groups excluding carboxylic acids is 1. The fourth-order valence-corrected chi connectivity index (χ4v) is 4.08. The Balaban J connectivity index is 1.76. The number of nitrogens with zero attached hydrogens (tertiary/aromatic N) is 1. The number of nitrogens with one attached hydrogen (secondary N) is 1. The first-order chi connectivity index (χ1) is 13.5. The summed E-state index contributed by atoms with van der Waals surface area (Å²) in [6, 6.07) is 12.3. The Morgan fingerprint density at radius 2 is 1.96 bits per heavy atom. The van der Waals surface area contributed by atoms with E-state index in [-0.39, 0.29) is 12.0 Å². The Morgan fingerprint density at radius 1 is 1.18 bits per heavy atom. The molecule has 0 bridgehead atoms. The molecule has 0 unspecified atom stereocenters. The van der Waals surface area contributed by atoms with Gasteiger partial charge in [0.25, 0.3) is 5.91 Å². The van der Waals surface area contributed by atoms with E-state index in [1.54, 1.807) is 11.8 Å². The summed E-state index contributed by atoms with van der Waals surface area (Å²) < 4.78 is 5.51. The van der Waals surface area contributed by atoms with Crippen molar-refractivity contribution in [2.24, 2.45) is 4.99 Å². The Bertz CT molecular complexity index is 890. The summed E-state index contributed by atoms with van der Waals surface area (Å²) in [5.41, 5.74) is 5.00. The molecule has 2 aromatic rings. The molecule has 1 N–H and O–H groups in total. The lowest BCUT2D eigenvalue weighted by atomic mass is 10.0. The molecule has 1 aliphatic heterocycles. The van der Waals surface area contributed by atoms with Crippen molar-refractivity contribution in [2.75, 3.05) is 13.2 Å². The van der Waals surface area contributed by atoms with E-state index in [1.807, 2.05) is 32.0 Å². The zero-order chi connectivity index (χ0) is 20.1. The van der Waals surface area contributed by atoms with Crippen molar-refractivity contribution in [2.45, 2.75) is 56.4 Å². The van der Waals surface area contributed by atoms with E-state index in [2.05, 4.69) is 37.4 Å². The van der Waals surface area contributed by atoms with Crippen molar-refractivity contribution in [1.82, 2.24) is 5.32 Å². The van der Waals surface area contributed by atoms with Gasteiger partial charge in [-0.05, 0) is 63.9 Å². The van der Waals surface area contributed by atoms with Crippen molar-refractivity contribution in [3.63, 3.8) is 0 Å². The van der Waals surface area contributed by atoms with Gasteiger partial charge in [0.15, 0.2) is 0 Å². The van der Waals surface area contributed by atoms with Crippen LogP contribution >= 0.6 is 11.8 Å². The van der Waals surface area contributed by atoms with Gasteiger partial charge in [0.1, 0.15) is 0 Å². The molecule has 3 rings (SSSR count). The lowest BCUT2D eigenvalue weighted by Crippen LogP contribution is -2.25. The van der Waals surface area contributed by atoms with Gasteiger partial charge in [-0.15, -0.1) is 0 Å². The molecule has 0 spiro atoms. The summed E-state index contributed by atoms with van der Waals surface area (Å²) in [6.45, 7) is 9.50. The molecule has 0 radical (unpaired) electrons. The average molecular weight is 397 g/mol. The van der Waals surface area contributed by atoms with Crippen LogP contribution in [0.25, 0.3) is 0 Å². The molecular weight excluding hydrogens is 368 g/mol. The van der Waals surface area contributed by atoms with Gasteiger partial charge in [-0.3, -0.25) is 9.79 Å². The number of fused-ring (bicyclic) bond motifs is 2. The highest BCUT2D eigenvalue weighted by atomic mass is 32.2. The highest BCUT2D eigenvalue weighted by molar-refractivity contribution is 7.99. The number of carbonyl (C=O) groups is 1. The maximum absolute atomic E-state index is 12.5. The van der Waals surface area contributed by atoms with Crippen LogP contribution in [0.15, 0.2) is 51.2 Å². The molecule has 4 nitrogen and oxygen atoms in total.